The highest BCUT2D eigenvalue weighted by molar-refractivity contribution is 7.89. The van der Waals surface area contributed by atoms with Crippen LogP contribution in [0, 0.1) is 0 Å². The zero-order valence-corrected chi connectivity index (χ0v) is 18.9. The molecule has 0 spiro atoms. The van der Waals surface area contributed by atoms with E-state index in [-0.39, 0.29) is 23.8 Å². The highest BCUT2D eigenvalue weighted by Crippen LogP contribution is 2.31. The molecule has 0 aromatic heterocycles. The van der Waals surface area contributed by atoms with Crippen molar-refractivity contribution in [1.82, 2.24) is 9.62 Å². The Balaban J connectivity index is 1.58. The lowest BCUT2D eigenvalue weighted by molar-refractivity contribution is -0.121. The van der Waals surface area contributed by atoms with Crippen LogP contribution < -0.4 is 14.8 Å². The average Bonchev–Trinajstić information content (AvgIpc) is 2.81. The fourth-order valence-corrected chi connectivity index (χ4v) is 5.35. The average molecular weight is 447 g/mol. The summed E-state index contributed by atoms with van der Waals surface area (Å²) < 4.78 is 38.0. The first-order valence-electron chi connectivity index (χ1n) is 10.5. The van der Waals surface area contributed by atoms with Crippen molar-refractivity contribution in [3.05, 3.63) is 53.6 Å². The molecule has 1 fully saturated rings. The molecule has 0 aliphatic carbocycles. The molecule has 31 heavy (non-hydrogen) atoms. The van der Waals surface area contributed by atoms with E-state index < -0.39 is 10.0 Å². The van der Waals surface area contributed by atoms with Crippen LogP contribution in [0.15, 0.2) is 47.4 Å². The molecule has 8 heteroatoms. The number of aryl methyl sites for hydroxylation is 1. The fourth-order valence-electron chi connectivity index (χ4n) is 3.76. The van der Waals surface area contributed by atoms with Crippen LogP contribution in [0.3, 0.4) is 0 Å². The number of nitrogens with zero attached hydrogens (tertiary/aromatic N) is 1. The van der Waals surface area contributed by atoms with E-state index in [0.717, 1.165) is 30.4 Å². The molecule has 0 radical (unpaired) electrons. The Morgan fingerprint density at radius 2 is 1.77 bits per heavy atom. The van der Waals surface area contributed by atoms with Crippen LogP contribution >= 0.6 is 0 Å². The van der Waals surface area contributed by atoms with Gasteiger partial charge in [-0.2, -0.15) is 4.31 Å². The third-order valence-corrected chi connectivity index (χ3v) is 7.34. The summed E-state index contributed by atoms with van der Waals surface area (Å²) in [6.07, 6.45) is 3.66. The third-order valence-electron chi connectivity index (χ3n) is 5.45. The van der Waals surface area contributed by atoms with Crippen molar-refractivity contribution in [3.63, 3.8) is 0 Å². The minimum absolute atomic E-state index is 0.117. The highest BCUT2D eigenvalue weighted by Gasteiger charge is 2.25. The van der Waals surface area contributed by atoms with Crippen molar-refractivity contribution < 1.29 is 22.7 Å². The summed E-state index contributed by atoms with van der Waals surface area (Å²) in [7, 11) is -0.336. The van der Waals surface area contributed by atoms with Gasteiger partial charge in [-0.1, -0.05) is 30.7 Å². The number of carbonyl (C=O) groups is 1. The van der Waals surface area contributed by atoms with Crippen molar-refractivity contribution in [3.8, 4) is 11.5 Å². The van der Waals surface area contributed by atoms with Gasteiger partial charge in [-0.15, -0.1) is 0 Å². The summed E-state index contributed by atoms with van der Waals surface area (Å²) in [4.78, 5) is 12.6. The predicted molar refractivity (Wildman–Crippen MR) is 119 cm³/mol. The van der Waals surface area contributed by atoms with Crippen LogP contribution in [0.1, 0.15) is 36.8 Å². The Morgan fingerprint density at radius 3 is 2.48 bits per heavy atom. The van der Waals surface area contributed by atoms with Crippen LogP contribution in [-0.4, -0.2) is 45.9 Å². The summed E-state index contributed by atoms with van der Waals surface area (Å²) in [5, 5.41) is 2.87. The number of nitrogens with one attached hydrogen (secondary N) is 1. The fraction of sp³-hybridized carbons (Fsp3) is 0.435. The number of hydrogen-bond donors (Lipinski definition) is 1. The van der Waals surface area contributed by atoms with Gasteiger partial charge >= 0.3 is 0 Å². The van der Waals surface area contributed by atoms with Gasteiger partial charge in [-0.25, -0.2) is 8.42 Å². The lowest BCUT2D eigenvalue weighted by Gasteiger charge is -2.26. The van der Waals surface area contributed by atoms with E-state index in [9.17, 15) is 13.2 Å². The third kappa shape index (κ3) is 5.77. The highest BCUT2D eigenvalue weighted by atomic mass is 32.2. The lowest BCUT2D eigenvalue weighted by Crippen LogP contribution is -2.35. The van der Waals surface area contributed by atoms with Crippen molar-refractivity contribution in [2.24, 2.45) is 0 Å². The van der Waals surface area contributed by atoms with E-state index in [2.05, 4.69) is 5.32 Å². The topological polar surface area (TPSA) is 84.9 Å². The maximum absolute atomic E-state index is 12.9. The van der Waals surface area contributed by atoms with Gasteiger partial charge in [0.15, 0.2) is 11.5 Å². The first-order chi connectivity index (χ1) is 15.0. The molecule has 0 saturated carbocycles. The van der Waals surface area contributed by atoms with E-state index >= 15 is 0 Å². The van der Waals surface area contributed by atoms with Gasteiger partial charge in [0, 0.05) is 26.1 Å². The lowest BCUT2D eigenvalue weighted by atomic mass is 10.1. The normalized spacial score (nSPS) is 14.8. The van der Waals surface area contributed by atoms with Crippen molar-refractivity contribution in [2.45, 2.75) is 43.5 Å². The molecule has 0 unspecified atom stereocenters. The van der Waals surface area contributed by atoms with Gasteiger partial charge in [-0.05, 0) is 48.6 Å². The van der Waals surface area contributed by atoms with Gasteiger partial charge in [0.25, 0.3) is 0 Å². The largest absolute Gasteiger partial charge is 0.493 e. The Bertz CT molecular complexity index is 1000. The van der Waals surface area contributed by atoms with E-state index in [1.54, 1.807) is 36.7 Å². The van der Waals surface area contributed by atoms with Crippen molar-refractivity contribution >= 4 is 15.9 Å². The van der Waals surface area contributed by atoms with Crippen LogP contribution in [0.25, 0.3) is 0 Å². The van der Waals surface area contributed by atoms with Gasteiger partial charge in [0.1, 0.15) is 0 Å². The van der Waals surface area contributed by atoms with Crippen LogP contribution in [-0.2, 0) is 27.8 Å². The molecule has 1 aliphatic rings. The second-order valence-electron chi connectivity index (χ2n) is 7.54. The zero-order valence-electron chi connectivity index (χ0n) is 18.1. The number of benzene rings is 2. The summed E-state index contributed by atoms with van der Waals surface area (Å²) >= 11 is 0. The van der Waals surface area contributed by atoms with E-state index in [0.29, 0.717) is 31.0 Å². The second-order valence-corrected chi connectivity index (χ2v) is 9.48. The Kier molecular flexibility index (Phi) is 7.92. The van der Waals surface area contributed by atoms with Crippen LogP contribution in [0.4, 0.5) is 0 Å². The van der Waals surface area contributed by atoms with Crippen molar-refractivity contribution in [1.29, 1.82) is 0 Å². The number of sulfonamides is 1. The monoisotopic (exact) mass is 446 g/mol. The first-order valence-corrected chi connectivity index (χ1v) is 12.0. The van der Waals surface area contributed by atoms with Gasteiger partial charge < -0.3 is 14.8 Å². The Morgan fingerprint density at radius 1 is 1.03 bits per heavy atom. The number of methoxy groups -OCH3 is 2. The molecule has 2 aromatic carbocycles. The van der Waals surface area contributed by atoms with Crippen LogP contribution in [0.2, 0.25) is 0 Å². The minimum Gasteiger partial charge on any atom is -0.493 e. The predicted octanol–water partition coefficient (Wildman–Crippen LogP) is 3.13. The summed E-state index contributed by atoms with van der Waals surface area (Å²) in [6.45, 7) is 1.41. The molecule has 2 aromatic rings. The SMILES string of the molecule is COc1cccc(CCC(=O)NCc2cccc(S(=O)(=O)N3CCCCC3)c2)c1OC. The summed E-state index contributed by atoms with van der Waals surface area (Å²) in [5.74, 6) is 1.15. The van der Waals surface area contributed by atoms with E-state index in [1.165, 1.54) is 0 Å². The number of carbonyl (C=O) groups excluding carboxylic acids is 1. The van der Waals surface area contributed by atoms with Gasteiger partial charge in [-0.3, -0.25) is 4.79 Å². The second kappa shape index (κ2) is 10.6. The summed E-state index contributed by atoms with van der Waals surface area (Å²) in [6, 6.07) is 12.4. The van der Waals surface area contributed by atoms with Gasteiger partial charge in [0.2, 0.25) is 15.9 Å². The van der Waals surface area contributed by atoms with Gasteiger partial charge in [0.05, 0.1) is 19.1 Å². The molecule has 3 rings (SSSR count). The van der Waals surface area contributed by atoms with Crippen LogP contribution in [0.5, 0.6) is 11.5 Å². The maximum atomic E-state index is 12.9. The van der Waals surface area contributed by atoms with Crippen molar-refractivity contribution in [2.75, 3.05) is 27.3 Å². The number of amides is 1. The number of ether oxygens (including phenoxy) is 2. The Labute approximate surface area is 184 Å². The maximum Gasteiger partial charge on any atom is 0.243 e. The smallest absolute Gasteiger partial charge is 0.243 e. The van der Waals surface area contributed by atoms with E-state index in [4.69, 9.17) is 9.47 Å². The molecule has 0 atom stereocenters. The first kappa shape index (κ1) is 23.1. The summed E-state index contributed by atoms with van der Waals surface area (Å²) in [5.41, 5.74) is 1.65. The molecule has 1 aliphatic heterocycles. The number of piperidine rings is 1. The molecule has 0 bridgehead atoms. The number of rotatable bonds is 9. The standard InChI is InChI=1S/C23H30N2O5S/c1-29-21-11-7-9-19(23(21)30-2)12-13-22(26)24-17-18-8-6-10-20(16-18)31(27,28)25-14-4-3-5-15-25/h6-11,16H,3-5,12-15,17H2,1-2H3,(H,24,26). The zero-order chi connectivity index (χ0) is 22.3. The molecule has 1 saturated heterocycles. The Hall–Kier alpha value is -2.58. The number of para-hydroxylation sites is 1. The molecule has 168 valence electrons. The molecular weight excluding hydrogens is 416 g/mol. The molecule has 1 N–H and O–H groups in total. The molecule has 1 amide bonds. The molecule has 1 heterocycles. The number of hydrogen-bond acceptors (Lipinski definition) is 5. The minimum atomic E-state index is -3.49. The quantitative estimate of drug-likeness (QED) is 0.640. The molecular formula is C23H30N2O5S. The van der Waals surface area contributed by atoms with E-state index in [1.807, 2.05) is 24.3 Å². The molecule has 7 nitrogen and oxygen atoms in total.